The molecule has 0 radical (unpaired) electrons. The van der Waals surface area contributed by atoms with Crippen molar-refractivity contribution in [3.05, 3.63) is 47.5 Å². The zero-order valence-corrected chi connectivity index (χ0v) is 11.2. The van der Waals surface area contributed by atoms with E-state index in [1.807, 2.05) is 0 Å². The predicted molar refractivity (Wildman–Crippen MR) is 76.9 cm³/mol. The van der Waals surface area contributed by atoms with E-state index in [2.05, 4.69) is 9.97 Å². The van der Waals surface area contributed by atoms with Crippen LogP contribution in [0.1, 0.15) is 20.7 Å². The van der Waals surface area contributed by atoms with Crippen LogP contribution in [-0.4, -0.2) is 29.0 Å². The van der Waals surface area contributed by atoms with Crippen LogP contribution in [0.5, 0.6) is 0 Å². The Morgan fingerprint density at radius 3 is 2.10 bits per heavy atom. The van der Waals surface area contributed by atoms with Crippen molar-refractivity contribution >= 4 is 33.9 Å². The molecule has 0 aliphatic heterocycles. The molecule has 0 spiro atoms. The molecule has 0 fully saturated rings. The summed E-state index contributed by atoms with van der Waals surface area (Å²) in [7, 11) is 1.30. The number of rotatable bonds is 2. The number of para-hydroxylation sites is 2. The fourth-order valence-corrected chi connectivity index (χ4v) is 2.19. The van der Waals surface area contributed by atoms with Crippen LogP contribution in [0.3, 0.4) is 0 Å². The number of amides is 1. The highest BCUT2D eigenvalue weighted by molar-refractivity contribution is 6.08. The van der Waals surface area contributed by atoms with E-state index >= 15 is 0 Å². The van der Waals surface area contributed by atoms with E-state index in [-0.39, 0.29) is 5.56 Å². The van der Waals surface area contributed by atoms with E-state index in [1.54, 1.807) is 36.4 Å². The third-order valence-electron chi connectivity index (χ3n) is 3.16. The summed E-state index contributed by atoms with van der Waals surface area (Å²) in [5.41, 5.74) is 7.75. The number of hydrogen-bond acceptors (Lipinski definition) is 5. The average Bonchev–Trinajstić information content (AvgIpc) is 2.50. The van der Waals surface area contributed by atoms with Crippen LogP contribution in [0.25, 0.3) is 22.1 Å². The molecule has 0 aliphatic rings. The first-order valence-electron chi connectivity index (χ1n) is 6.19. The number of ether oxygens (including phenoxy) is 1. The Morgan fingerprint density at radius 2 is 1.52 bits per heavy atom. The summed E-state index contributed by atoms with van der Waals surface area (Å²) < 4.78 is 4.74. The van der Waals surface area contributed by atoms with Gasteiger partial charge in [-0.25, -0.2) is 14.8 Å². The molecule has 0 unspecified atom stereocenters. The Balaban J connectivity index is 2.43. The molecule has 2 aromatic carbocycles. The van der Waals surface area contributed by atoms with Crippen molar-refractivity contribution in [3.63, 3.8) is 0 Å². The third kappa shape index (κ3) is 2.06. The summed E-state index contributed by atoms with van der Waals surface area (Å²) in [6.07, 6.45) is 0. The largest absolute Gasteiger partial charge is 0.465 e. The summed E-state index contributed by atoms with van der Waals surface area (Å²) in [5.74, 6) is -1.10. The first-order valence-corrected chi connectivity index (χ1v) is 6.19. The van der Waals surface area contributed by atoms with Crippen molar-refractivity contribution in [3.8, 4) is 0 Å². The molecule has 3 rings (SSSR count). The molecule has 0 aliphatic carbocycles. The van der Waals surface area contributed by atoms with Crippen LogP contribution in [-0.2, 0) is 4.74 Å². The molecular weight excluding hydrogens is 270 g/mol. The number of hydrogen-bond donors (Lipinski definition) is 1. The molecule has 1 amide bonds. The average molecular weight is 281 g/mol. The van der Waals surface area contributed by atoms with E-state index in [9.17, 15) is 9.59 Å². The highest BCUT2D eigenvalue weighted by atomic mass is 16.5. The summed E-state index contributed by atoms with van der Waals surface area (Å²) in [6, 6.07) is 10.0. The number of carbonyl (C=O) groups is 2. The molecule has 3 aromatic rings. The topological polar surface area (TPSA) is 95.2 Å². The van der Waals surface area contributed by atoms with Gasteiger partial charge in [-0.2, -0.15) is 0 Å². The fourth-order valence-electron chi connectivity index (χ4n) is 2.19. The number of carbonyl (C=O) groups excluding carboxylic acids is 2. The van der Waals surface area contributed by atoms with Crippen LogP contribution in [0.2, 0.25) is 0 Å². The van der Waals surface area contributed by atoms with Gasteiger partial charge in [0.2, 0.25) is 0 Å². The van der Waals surface area contributed by atoms with Gasteiger partial charge < -0.3 is 10.5 Å². The molecule has 104 valence electrons. The molecule has 21 heavy (non-hydrogen) atoms. The molecule has 0 saturated heterocycles. The van der Waals surface area contributed by atoms with Crippen molar-refractivity contribution in [1.82, 2.24) is 9.97 Å². The van der Waals surface area contributed by atoms with Crippen LogP contribution in [0.4, 0.5) is 0 Å². The highest BCUT2D eigenvalue weighted by Gasteiger charge is 2.15. The van der Waals surface area contributed by atoms with Crippen molar-refractivity contribution < 1.29 is 14.3 Å². The molecule has 0 atom stereocenters. The molecule has 2 N–H and O–H groups in total. The van der Waals surface area contributed by atoms with Gasteiger partial charge in [0.15, 0.2) is 0 Å². The van der Waals surface area contributed by atoms with Gasteiger partial charge in [-0.05, 0) is 24.3 Å². The monoisotopic (exact) mass is 281 g/mol. The minimum Gasteiger partial charge on any atom is -0.465 e. The minimum atomic E-state index is -0.593. The molecule has 1 aromatic heterocycles. The molecule has 6 heteroatoms. The predicted octanol–water partition coefficient (Wildman–Crippen LogP) is 1.67. The maximum Gasteiger partial charge on any atom is 0.340 e. The molecule has 0 bridgehead atoms. The minimum absolute atomic E-state index is 0.265. The third-order valence-corrected chi connectivity index (χ3v) is 3.16. The summed E-state index contributed by atoms with van der Waals surface area (Å²) >= 11 is 0. The van der Waals surface area contributed by atoms with Crippen molar-refractivity contribution in [2.75, 3.05) is 7.11 Å². The fraction of sp³-hybridized carbons (Fsp3) is 0.0667. The SMILES string of the molecule is COC(=O)c1cccc2nc3cccc(C(N)=O)c3nc12. The Bertz CT molecular complexity index is 890. The Hall–Kier alpha value is -3.02. The number of fused-ring (bicyclic) bond motifs is 2. The Labute approximate surface area is 119 Å². The van der Waals surface area contributed by atoms with Crippen LogP contribution in [0.15, 0.2) is 36.4 Å². The lowest BCUT2D eigenvalue weighted by Crippen LogP contribution is -2.12. The number of benzene rings is 2. The molecule has 0 saturated carbocycles. The quantitative estimate of drug-likeness (QED) is 0.569. The standard InChI is InChI=1S/C15H11N3O3/c1-21-15(20)9-5-3-7-11-13(9)18-12-8(14(16)19)4-2-6-10(12)17-11/h2-7H,1H3,(H2,16,19). The molecular formula is C15H11N3O3. The normalized spacial score (nSPS) is 10.7. The van der Waals surface area contributed by atoms with Crippen LogP contribution in [0, 0.1) is 0 Å². The summed E-state index contributed by atoms with van der Waals surface area (Å²) in [5, 5.41) is 0. The second-order valence-corrected chi connectivity index (χ2v) is 4.43. The van der Waals surface area contributed by atoms with E-state index < -0.39 is 11.9 Å². The van der Waals surface area contributed by atoms with E-state index in [1.165, 1.54) is 7.11 Å². The Kier molecular flexibility index (Phi) is 2.98. The van der Waals surface area contributed by atoms with Gasteiger partial charge in [-0.1, -0.05) is 12.1 Å². The molecule has 1 heterocycles. The second kappa shape index (κ2) is 4.82. The summed E-state index contributed by atoms with van der Waals surface area (Å²) in [6.45, 7) is 0. The van der Waals surface area contributed by atoms with E-state index in [0.29, 0.717) is 27.6 Å². The van der Waals surface area contributed by atoms with Gasteiger partial charge in [0, 0.05) is 0 Å². The number of nitrogens with zero attached hydrogens (tertiary/aromatic N) is 2. The number of nitrogens with two attached hydrogens (primary N) is 1. The lowest BCUT2D eigenvalue weighted by molar-refractivity contribution is 0.0602. The van der Waals surface area contributed by atoms with Gasteiger partial charge in [0.1, 0.15) is 11.0 Å². The zero-order valence-electron chi connectivity index (χ0n) is 11.2. The van der Waals surface area contributed by atoms with Crippen molar-refractivity contribution in [2.45, 2.75) is 0 Å². The van der Waals surface area contributed by atoms with Gasteiger partial charge in [-0.3, -0.25) is 4.79 Å². The first-order chi connectivity index (χ1) is 10.1. The maximum atomic E-state index is 11.8. The first kappa shape index (κ1) is 13.0. The van der Waals surface area contributed by atoms with Gasteiger partial charge in [0.25, 0.3) is 5.91 Å². The van der Waals surface area contributed by atoms with Crippen LogP contribution < -0.4 is 5.73 Å². The van der Waals surface area contributed by atoms with Gasteiger partial charge >= 0.3 is 5.97 Å². The number of primary amides is 1. The maximum absolute atomic E-state index is 11.8. The van der Waals surface area contributed by atoms with E-state index in [0.717, 1.165) is 0 Å². The van der Waals surface area contributed by atoms with E-state index in [4.69, 9.17) is 10.5 Å². The summed E-state index contributed by atoms with van der Waals surface area (Å²) in [4.78, 5) is 32.1. The zero-order chi connectivity index (χ0) is 15.0. The van der Waals surface area contributed by atoms with Crippen molar-refractivity contribution in [1.29, 1.82) is 0 Å². The number of methoxy groups -OCH3 is 1. The number of esters is 1. The van der Waals surface area contributed by atoms with Gasteiger partial charge in [0.05, 0.1) is 29.3 Å². The number of aromatic nitrogens is 2. The smallest absolute Gasteiger partial charge is 0.340 e. The van der Waals surface area contributed by atoms with Gasteiger partial charge in [-0.15, -0.1) is 0 Å². The Morgan fingerprint density at radius 1 is 0.952 bits per heavy atom. The van der Waals surface area contributed by atoms with Crippen molar-refractivity contribution in [2.24, 2.45) is 5.73 Å². The lowest BCUT2D eigenvalue weighted by atomic mass is 10.1. The second-order valence-electron chi connectivity index (χ2n) is 4.43. The highest BCUT2D eigenvalue weighted by Crippen LogP contribution is 2.22. The molecule has 6 nitrogen and oxygen atoms in total. The lowest BCUT2D eigenvalue weighted by Gasteiger charge is -2.07. The van der Waals surface area contributed by atoms with Crippen LogP contribution >= 0.6 is 0 Å².